The van der Waals surface area contributed by atoms with Gasteiger partial charge in [-0.15, -0.1) is 0 Å². The van der Waals surface area contributed by atoms with Gasteiger partial charge in [0.05, 0.1) is 6.61 Å². The van der Waals surface area contributed by atoms with E-state index in [-0.39, 0.29) is 30.8 Å². The molecule has 0 aromatic heterocycles. The average Bonchev–Trinajstić information content (AvgIpc) is 2.60. The first-order valence-corrected chi connectivity index (χ1v) is 8.04. The normalized spacial score (nSPS) is 16.2. The second kappa shape index (κ2) is 7.27. The highest BCUT2D eigenvalue weighted by atomic mass is 16.3. The van der Waals surface area contributed by atoms with Gasteiger partial charge in [-0.2, -0.15) is 0 Å². The Labute approximate surface area is 140 Å². The number of rotatable bonds is 5. The molecule has 1 heterocycles. The van der Waals surface area contributed by atoms with Crippen LogP contribution in [0.2, 0.25) is 0 Å². The maximum atomic E-state index is 12.1. The lowest BCUT2D eigenvalue weighted by Crippen LogP contribution is -2.30. The van der Waals surface area contributed by atoms with Gasteiger partial charge in [-0.05, 0) is 42.2 Å². The first-order chi connectivity index (χ1) is 11.7. The Morgan fingerprint density at radius 3 is 2.88 bits per heavy atom. The molecule has 1 aliphatic rings. The molecule has 0 saturated carbocycles. The van der Waals surface area contributed by atoms with Crippen LogP contribution in [-0.2, 0) is 22.6 Å². The monoisotopic (exact) mass is 324 g/mol. The summed E-state index contributed by atoms with van der Waals surface area (Å²) in [6.45, 7) is -0.0641. The molecular weight excluding hydrogens is 304 g/mol. The third-order valence-corrected chi connectivity index (χ3v) is 4.23. The minimum absolute atomic E-state index is 0.0243. The van der Waals surface area contributed by atoms with Crippen LogP contribution in [0.5, 0.6) is 0 Å². The van der Waals surface area contributed by atoms with Crippen molar-refractivity contribution in [2.45, 2.75) is 25.9 Å². The number of carbonyl (C=O) groups excluding carboxylic acids is 2. The van der Waals surface area contributed by atoms with Gasteiger partial charge in [0.25, 0.3) is 0 Å². The molecule has 0 bridgehead atoms. The van der Waals surface area contributed by atoms with Gasteiger partial charge in [0, 0.05) is 23.7 Å². The van der Waals surface area contributed by atoms with Crippen molar-refractivity contribution in [3.8, 4) is 0 Å². The lowest BCUT2D eigenvalue weighted by molar-refractivity contribution is -0.121. The van der Waals surface area contributed by atoms with E-state index in [4.69, 9.17) is 5.11 Å². The van der Waals surface area contributed by atoms with Gasteiger partial charge in [-0.3, -0.25) is 9.59 Å². The number of amides is 2. The highest BCUT2D eigenvalue weighted by Gasteiger charge is 2.26. The molecule has 0 fully saturated rings. The standard InChI is InChI=1S/C19H20N2O3/c22-12-13-4-3-6-16(10-13)20-18(23)9-8-15-11-14-5-1-2-7-17(14)21-19(15)24/h1-7,10,15,22H,8-9,11-12H2,(H,20,23)(H,21,24). The third-order valence-electron chi connectivity index (χ3n) is 4.23. The van der Waals surface area contributed by atoms with E-state index in [0.717, 1.165) is 16.8 Å². The summed E-state index contributed by atoms with van der Waals surface area (Å²) in [5.74, 6) is -0.338. The molecule has 0 saturated heterocycles. The molecule has 5 heteroatoms. The van der Waals surface area contributed by atoms with Crippen molar-refractivity contribution in [1.29, 1.82) is 0 Å². The molecular formula is C19H20N2O3. The van der Waals surface area contributed by atoms with E-state index >= 15 is 0 Å². The van der Waals surface area contributed by atoms with Crippen LogP contribution >= 0.6 is 0 Å². The largest absolute Gasteiger partial charge is 0.392 e. The van der Waals surface area contributed by atoms with Gasteiger partial charge >= 0.3 is 0 Å². The zero-order chi connectivity index (χ0) is 16.9. The molecule has 3 N–H and O–H groups in total. The molecule has 1 aliphatic heterocycles. The topological polar surface area (TPSA) is 78.4 Å². The van der Waals surface area contributed by atoms with E-state index in [9.17, 15) is 9.59 Å². The molecule has 1 atom stereocenters. The van der Waals surface area contributed by atoms with Gasteiger partial charge in [0.2, 0.25) is 11.8 Å². The predicted octanol–water partition coefficient (Wildman–Crippen LogP) is 2.71. The Balaban J connectivity index is 1.55. The molecule has 0 spiro atoms. The van der Waals surface area contributed by atoms with Crippen LogP contribution < -0.4 is 10.6 Å². The number of carbonyl (C=O) groups is 2. The van der Waals surface area contributed by atoms with Gasteiger partial charge in [-0.25, -0.2) is 0 Å². The van der Waals surface area contributed by atoms with E-state index in [0.29, 0.717) is 18.5 Å². The predicted molar refractivity (Wildman–Crippen MR) is 92.5 cm³/mol. The fraction of sp³-hybridized carbons (Fsp3) is 0.263. The van der Waals surface area contributed by atoms with Crippen LogP contribution in [0.15, 0.2) is 48.5 Å². The fourth-order valence-corrected chi connectivity index (χ4v) is 2.92. The zero-order valence-electron chi connectivity index (χ0n) is 13.3. The third kappa shape index (κ3) is 3.81. The number of benzene rings is 2. The average molecular weight is 324 g/mol. The van der Waals surface area contributed by atoms with E-state index in [1.54, 1.807) is 24.3 Å². The number of hydrogen-bond acceptors (Lipinski definition) is 3. The quantitative estimate of drug-likeness (QED) is 0.791. The maximum absolute atomic E-state index is 12.1. The minimum Gasteiger partial charge on any atom is -0.392 e. The Bertz CT molecular complexity index is 758. The molecule has 124 valence electrons. The molecule has 0 aliphatic carbocycles. The van der Waals surface area contributed by atoms with Crippen LogP contribution in [0.25, 0.3) is 0 Å². The second-order valence-electron chi connectivity index (χ2n) is 5.99. The number of para-hydroxylation sites is 1. The lowest BCUT2D eigenvalue weighted by Gasteiger charge is -2.24. The maximum Gasteiger partial charge on any atom is 0.227 e. The van der Waals surface area contributed by atoms with Crippen molar-refractivity contribution in [1.82, 2.24) is 0 Å². The van der Waals surface area contributed by atoms with Crippen molar-refractivity contribution in [3.63, 3.8) is 0 Å². The van der Waals surface area contributed by atoms with Gasteiger partial charge in [0.15, 0.2) is 0 Å². The van der Waals surface area contributed by atoms with Crippen molar-refractivity contribution < 1.29 is 14.7 Å². The van der Waals surface area contributed by atoms with Crippen molar-refractivity contribution >= 4 is 23.2 Å². The summed E-state index contributed by atoms with van der Waals surface area (Å²) in [5.41, 5.74) is 3.38. The molecule has 2 aromatic carbocycles. The van der Waals surface area contributed by atoms with E-state index < -0.39 is 0 Å². The zero-order valence-corrected chi connectivity index (χ0v) is 13.3. The van der Waals surface area contributed by atoms with Gasteiger partial charge in [-0.1, -0.05) is 30.3 Å². The molecule has 2 amide bonds. The summed E-state index contributed by atoms with van der Waals surface area (Å²) >= 11 is 0. The Kier molecular flexibility index (Phi) is 4.91. The molecule has 0 radical (unpaired) electrons. The van der Waals surface area contributed by atoms with Crippen LogP contribution in [-0.4, -0.2) is 16.9 Å². The Morgan fingerprint density at radius 1 is 1.21 bits per heavy atom. The molecule has 1 unspecified atom stereocenters. The van der Waals surface area contributed by atoms with E-state index in [1.807, 2.05) is 24.3 Å². The first-order valence-electron chi connectivity index (χ1n) is 8.04. The van der Waals surface area contributed by atoms with Gasteiger partial charge in [0.1, 0.15) is 0 Å². The fourth-order valence-electron chi connectivity index (χ4n) is 2.92. The molecule has 5 nitrogen and oxygen atoms in total. The number of aliphatic hydroxyl groups is 1. The Hall–Kier alpha value is -2.66. The van der Waals surface area contributed by atoms with Crippen molar-refractivity contribution in [3.05, 3.63) is 59.7 Å². The molecule has 3 rings (SSSR count). The van der Waals surface area contributed by atoms with Crippen LogP contribution in [0, 0.1) is 5.92 Å². The molecule has 2 aromatic rings. The van der Waals surface area contributed by atoms with E-state index in [1.165, 1.54) is 0 Å². The number of fused-ring (bicyclic) bond motifs is 1. The van der Waals surface area contributed by atoms with Crippen molar-refractivity contribution in [2.75, 3.05) is 10.6 Å². The second-order valence-corrected chi connectivity index (χ2v) is 5.99. The minimum atomic E-state index is -0.186. The summed E-state index contributed by atoms with van der Waals surface area (Å²) in [6, 6.07) is 14.8. The summed E-state index contributed by atoms with van der Waals surface area (Å²) in [4.78, 5) is 24.2. The van der Waals surface area contributed by atoms with Crippen LogP contribution in [0.1, 0.15) is 24.0 Å². The SMILES string of the molecule is O=C(CCC1Cc2ccccc2NC1=O)Nc1cccc(CO)c1. The lowest BCUT2D eigenvalue weighted by atomic mass is 9.89. The highest BCUT2D eigenvalue weighted by Crippen LogP contribution is 2.27. The number of aliphatic hydroxyl groups excluding tert-OH is 1. The summed E-state index contributed by atoms with van der Waals surface area (Å²) < 4.78 is 0. The van der Waals surface area contributed by atoms with Crippen molar-refractivity contribution in [2.24, 2.45) is 5.92 Å². The first kappa shape index (κ1) is 16.2. The smallest absolute Gasteiger partial charge is 0.227 e. The van der Waals surface area contributed by atoms with Crippen LogP contribution in [0.4, 0.5) is 11.4 Å². The highest BCUT2D eigenvalue weighted by molar-refractivity contribution is 5.96. The van der Waals surface area contributed by atoms with Crippen LogP contribution in [0.3, 0.4) is 0 Å². The Morgan fingerprint density at radius 2 is 2.04 bits per heavy atom. The number of nitrogens with one attached hydrogen (secondary N) is 2. The number of hydrogen-bond donors (Lipinski definition) is 3. The van der Waals surface area contributed by atoms with Gasteiger partial charge < -0.3 is 15.7 Å². The molecule has 24 heavy (non-hydrogen) atoms. The summed E-state index contributed by atoms with van der Waals surface area (Å²) in [5, 5.41) is 14.8. The van der Waals surface area contributed by atoms with E-state index in [2.05, 4.69) is 10.6 Å². The summed E-state index contributed by atoms with van der Waals surface area (Å²) in [6.07, 6.45) is 1.45. The summed E-state index contributed by atoms with van der Waals surface area (Å²) in [7, 11) is 0. The number of anilines is 2.